The quantitative estimate of drug-likeness (QED) is 0.178. The fourth-order valence-electron chi connectivity index (χ4n) is 3.12. The molecule has 0 amide bonds. The normalized spacial score (nSPS) is 12.9. The average Bonchev–Trinajstić information content (AvgIpc) is 2.75. The predicted octanol–water partition coefficient (Wildman–Crippen LogP) is 3.91. The number of hydrogen-bond acceptors (Lipinski definition) is 6. The Morgan fingerprint density at radius 3 is 2.47 bits per heavy atom. The maximum absolute atomic E-state index is 14.8. The fraction of sp³-hybridized carbons (Fsp3) is 0.300. The number of nitrogens with one attached hydrogen (secondary N) is 2. The number of aromatic amines is 2. The molecule has 0 unspecified atom stereocenters. The Balaban J connectivity index is 2.39. The van der Waals surface area contributed by atoms with Crippen LogP contribution in [-0.2, 0) is 15.7 Å². The molecule has 0 aliphatic carbocycles. The molecule has 0 aliphatic rings. The fourth-order valence-corrected chi connectivity index (χ4v) is 4.51. The highest BCUT2D eigenvalue weighted by molar-refractivity contribution is 7.99. The second kappa shape index (κ2) is 10.4. The summed E-state index contributed by atoms with van der Waals surface area (Å²) in [7, 11) is 1.32. The molecule has 1 heterocycles. The van der Waals surface area contributed by atoms with E-state index in [1.165, 1.54) is 7.11 Å². The van der Waals surface area contributed by atoms with Crippen molar-refractivity contribution in [3.8, 4) is 11.1 Å². The Bertz CT molecular complexity index is 1330. The summed E-state index contributed by atoms with van der Waals surface area (Å²) in [5.41, 5.74) is -5.33. The van der Waals surface area contributed by atoms with E-state index in [1.807, 2.05) is 4.98 Å². The first-order valence-electron chi connectivity index (χ1n) is 9.37. The second-order valence-corrected chi connectivity index (χ2v) is 8.33. The number of aliphatic hydroxyl groups excluding tert-OH is 1. The van der Waals surface area contributed by atoms with E-state index in [0.717, 1.165) is 0 Å². The first-order chi connectivity index (χ1) is 16.0. The molecule has 2 aromatic carbocycles. The largest absolute Gasteiger partial charge is 0.417 e. The van der Waals surface area contributed by atoms with Gasteiger partial charge in [-0.05, 0) is 12.1 Å². The number of hydrogen-bond donors (Lipinski definition) is 3. The zero-order valence-corrected chi connectivity index (χ0v) is 18.8. The van der Waals surface area contributed by atoms with Crippen LogP contribution in [0.4, 0.5) is 22.0 Å². The number of aromatic nitrogens is 2. The SMILES string of the molecule is COCO[C@@H](CO)CSc1c(-c2cc(Cl)c(F)cc2F)c(C(F)(F)F)cc2c(=O)[nH]c(=O)[nH]c12. The summed E-state index contributed by atoms with van der Waals surface area (Å²) < 4.78 is 80.7. The Morgan fingerprint density at radius 2 is 1.85 bits per heavy atom. The van der Waals surface area contributed by atoms with Gasteiger partial charge < -0.3 is 19.6 Å². The van der Waals surface area contributed by atoms with Gasteiger partial charge in [-0.2, -0.15) is 13.2 Å². The molecule has 1 atom stereocenters. The van der Waals surface area contributed by atoms with Gasteiger partial charge in [0.15, 0.2) is 0 Å². The van der Waals surface area contributed by atoms with Crippen LogP contribution in [0.3, 0.4) is 0 Å². The predicted molar refractivity (Wildman–Crippen MR) is 115 cm³/mol. The van der Waals surface area contributed by atoms with Crippen LogP contribution in [0.1, 0.15) is 5.56 Å². The van der Waals surface area contributed by atoms with Crippen LogP contribution in [0.25, 0.3) is 22.0 Å². The van der Waals surface area contributed by atoms with Gasteiger partial charge in [-0.25, -0.2) is 13.6 Å². The van der Waals surface area contributed by atoms with Gasteiger partial charge in [-0.1, -0.05) is 11.6 Å². The van der Waals surface area contributed by atoms with E-state index >= 15 is 0 Å². The minimum Gasteiger partial charge on any atom is -0.394 e. The molecule has 1 aromatic heterocycles. The summed E-state index contributed by atoms with van der Waals surface area (Å²) in [6.45, 7) is -0.781. The van der Waals surface area contributed by atoms with Gasteiger partial charge in [0.2, 0.25) is 0 Å². The Hall–Kier alpha value is -2.45. The molecule has 0 radical (unpaired) electrons. The lowest BCUT2D eigenvalue weighted by Gasteiger charge is -2.21. The van der Waals surface area contributed by atoms with Gasteiger partial charge >= 0.3 is 11.9 Å². The second-order valence-electron chi connectivity index (χ2n) is 6.89. The first kappa shape index (κ1) is 26.2. The molecule has 0 saturated carbocycles. The van der Waals surface area contributed by atoms with Gasteiger partial charge in [0, 0.05) is 35.0 Å². The molecule has 3 N–H and O–H groups in total. The minimum atomic E-state index is -5.09. The van der Waals surface area contributed by atoms with Crippen molar-refractivity contribution in [3.05, 3.63) is 61.3 Å². The number of halogens is 6. The molecule has 34 heavy (non-hydrogen) atoms. The van der Waals surface area contributed by atoms with Crippen LogP contribution >= 0.6 is 23.4 Å². The molecular weight excluding hydrogens is 511 g/mol. The van der Waals surface area contributed by atoms with E-state index in [2.05, 4.69) is 4.98 Å². The third kappa shape index (κ3) is 5.44. The number of methoxy groups -OCH3 is 1. The molecule has 0 aliphatic heterocycles. The topological polar surface area (TPSA) is 104 Å². The van der Waals surface area contributed by atoms with Gasteiger partial charge in [0.05, 0.1) is 34.2 Å². The monoisotopic (exact) mass is 526 g/mol. The zero-order chi connectivity index (χ0) is 25.2. The molecular formula is C20H16ClF5N2O5S. The summed E-state index contributed by atoms with van der Waals surface area (Å²) in [5.74, 6) is -2.73. The van der Waals surface area contributed by atoms with Crippen LogP contribution in [0.5, 0.6) is 0 Å². The summed E-state index contributed by atoms with van der Waals surface area (Å²) in [6.07, 6.45) is -6.02. The highest BCUT2D eigenvalue weighted by atomic mass is 35.5. The minimum absolute atomic E-state index is 0.186. The Labute approximate surface area is 196 Å². The van der Waals surface area contributed by atoms with Gasteiger partial charge in [0.1, 0.15) is 18.4 Å². The van der Waals surface area contributed by atoms with Crippen molar-refractivity contribution in [1.29, 1.82) is 0 Å². The van der Waals surface area contributed by atoms with E-state index in [0.29, 0.717) is 30.0 Å². The number of alkyl halides is 3. The lowest BCUT2D eigenvalue weighted by Crippen LogP contribution is -2.24. The van der Waals surface area contributed by atoms with E-state index < -0.39 is 68.9 Å². The van der Waals surface area contributed by atoms with Gasteiger partial charge in [-0.3, -0.25) is 9.78 Å². The first-order valence-corrected chi connectivity index (χ1v) is 10.7. The summed E-state index contributed by atoms with van der Waals surface area (Å²) in [6, 6.07) is 1.48. The maximum Gasteiger partial charge on any atom is 0.417 e. The van der Waals surface area contributed by atoms with Crippen LogP contribution in [0.15, 0.2) is 32.7 Å². The molecule has 0 fully saturated rings. The highest BCUT2D eigenvalue weighted by Crippen LogP contribution is 2.46. The third-order valence-electron chi connectivity index (χ3n) is 4.62. The number of aliphatic hydroxyl groups is 1. The van der Waals surface area contributed by atoms with Crippen LogP contribution in [0, 0.1) is 11.6 Å². The van der Waals surface area contributed by atoms with E-state index in [4.69, 9.17) is 21.1 Å². The van der Waals surface area contributed by atoms with Crippen molar-refractivity contribution in [2.75, 3.05) is 26.3 Å². The van der Waals surface area contributed by atoms with E-state index in [9.17, 15) is 36.6 Å². The number of rotatable bonds is 8. The highest BCUT2D eigenvalue weighted by Gasteiger charge is 2.37. The standard InChI is InChI=1S/C20H16ClF5N2O5S/c1-32-7-33-8(5-29)6-34-17-15(9-3-12(21)14(23)4-13(9)22)11(20(24,25)26)2-10-16(17)27-19(31)28-18(10)30/h2-4,8,29H,5-7H2,1H3,(H2,27,28,30,31)/t8-/m0/s1. The molecule has 0 spiro atoms. The Kier molecular flexibility index (Phi) is 8.03. The summed E-state index contributed by atoms with van der Waals surface area (Å²) in [5, 5.41) is 8.34. The van der Waals surface area contributed by atoms with Gasteiger partial charge in [0.25, 0.3) is 5.56 Å². The maximum atomic E-state index is 14.8. The lowest BCUT2D eigenvalue weighted by molar-refractivity contribution is -0.137. The average molecular weight is 527 g/mol. The van der Waals surface area contributed by atoms with Crippen molar-refractivity contribution in [2.24, 2.45) is 0 Å². The van der Waals surface area contributed by atoms with Crippen molar-refractivity contribution >= 4 is 34.3 Å². The third-order valence-corrected chi connectivity index (χ3v) is 6.14. The molecule has 7 nitrogen and oxygen atoms in total. The lowest BCUT2D eigenvalue weighted by atomic mass is 9.96. The van der Waals surface area contributed by atoms with E-state index in [-0.39, 0.29) is 23.0 Å². The number of H-pyrrole nitrogens is 2. The molecule has 0 bridgehead atoms. The van der Waals surface area contributed by atoms with Gasteiger partial charge in [-0.15, -0.1) is 11.8 Å². The van der Waals surface area contributed by atoms with Crippen molar-refractivity contribution in [1.82, 2.24) is 9.97 Å². The molecule has 3 aromatic rings. The molecule has 3 rings (SSSR count). The molecule has 184 valence electrons. The molecule has 14 heteroatoms. The smallest absolute Gasteiger partial charge is 0.394 e. The number of benzene rings is 2. The summed E-state index contributed by atoms with van der Waals surface area (Å²) >= 11 is 6.37. The number of ether oxygens (including phenoxy) is 2. The zero-order valence-electron chi connectivity index (χ0n) is 17.2. The summed E-state index contributed by atoms with van der Waals surface area (Å²) in [4.78, 5) is 28.0. The molecule has 0 saturated heterocycles. The number of fused-ring (bicyclic) bond motifs is 1. The number of thioether (sulfide) groups is 1. The Morgan fingerprint density at radius 1 is 1.15 bits per heavy atom. The van der Waals surface area contributed by atoms with E-state index in [1.54, 1.807) is 0 Å². The van der Waals surface area contributed by atoms with Crippen molar-refractivity contribution < 1.29 is 36.5 Å². The van der Waals surface area contributed by atoms with Crippen LogP contribution < -0.4 is 11.2 Å². The van der Waals surface area contributed by atoms with Crippen molar-refractivity contribution in [2.45, 2.75) is 17.2 Å². The van der Waals surface area contributed by atoms with Crippen molar-refractivity contribution in [3.63, 3.8) is 0 Å². The van der Waals surface area contributed by atoms with Crippen LogP contribution in [0.2, 0.25) is 5.02 Å². The van der Waals surface area contributed by atoms with Crippen LogP contribution in [-0.4, -0.2) is 47.4 Å².